The van der Waals surface area contributed by atoms with E-state index in [1.54, 1.807) is 31.3 Å². The molecular weight excluding hydrogens is 491 g/mol. The van der Waals surface area contributed by atoms with Gasteiger partial charge in [-0.05, 0) is 36.2 Å². The third kappa shape index (κ3) is 5.84. The van der Waals surface area contributed by atoms with Crippen molar-refractivity contribution in [1.82, 2.24) is 25.3 Å². The molecule has 0 aliphatic carbocycles. The molecule has 1 amide bonds. The summed E-state index contributed by atoms with van der Waals surface area (Å²) in [5, 5.41) is 11.1. The van der Waals surface area contributed by atoms with Gasteiger partial charge in [-0.2, -0.15) is 5.10 Å². The number of nitrogens with one attached hydrogen (secondary N) is 2. The number of carbonyl (C=O) groups excluding carboxylic acids is 1. The van der Waals surface area contributed by atoms with Gasteiger partial charge >= 0.3 is 0 Å². The maximum Gasteiger partial charge on any atom is 0.251 e. The van der Waals surface area contributed by atoms with Gasteiger partial charge in [0.25, 0.3) is 5.91 Å². The quantitative estimate of drug-likeness (QED) is 0.277. The Morgan fingerprint density at radius 1 is 1.29 bits per heavy atom. The molecule has 0 spiro atoms. The SMILES string of the molecule is CN=C(NCCNC(=O)c1ccc(Cl)cc1)N1CCC(c2cnn(C)c2)C1.I. The fraction of sp³-hybridized carbons (Fsp3) is 0.421. The van der Waals surface area contributed by atoms with Crippen molar-refractivity contribution in [2.75, 3.05) is 33.2 Å². The predicted octanol–water partition coefficient (Wildman–Crippen LogP) is 2.49. The monoisotopic (exact) mass is 516 g/mol. The smallest absolute Gasteiger partial charge is 0.251 e. The molecule has 1 atom stereocenters. The molecule has 1 saturated heterocycles. The standard InChI is InChI=1S/C19H25ClN6O.HI/c1-21-19(26-10-7-15(13-26)16-11-24-25(2)12-16)23-9-8-22-18(27)14-3-5-17(20)6-4-14;/h3-6,11-12,15H,7-10,13H2,1-2H3,(H,21,23)(H,22,27);1H. The topological polar surface area (TPSA) is 74.6 Å². The normalized spacial score (nSPS) is 16.6. The van der Waals surface area contributed by atoms with Crippen LogP contribution in [0.5, 0.6) is 0 Å². The van der Waals surface area contributed by atoms with Crippen LogP contribution in [0.25, 0.3) is 0 Å². The third-order valence-electron chi connectivity index (χ3n) is 4.70. The lowest BCUT2D eigenvalue weighted by Crippen LogP contribution is -2.43. The zero-order valence-corrected chi connectivity index (χ0v) is 19.1. The van der Waals surface area contributed by atoms with Gasteiger partial charge in [-0.3, -0.25) is 14.5 Å². The molecule has 0 radical (unpaired) electrons. The summed E-state index contributed by atoms with van der Waals surface area (Å²) in [5.74, 6) is 1.23. The first-order valence-electron chi connectivity index (χ1n) is 9.04. The van der Waals surface area contributed by atoms with Crippen molar-refractivity contribution in [3.8, 4) is 0 Å². The van der Waals surface area contributed by atoms with E-state index in [4.69, 9.17) is 11.6 Å². The first-order chi connectivity index (χ1) is 13.1. The highest BCUT2D eigenvalue weighted by atomic mass is 127. The van der Waals surface area contributed by atoms with Crippen LogP contribution in [0.15, 0.2) is 41.7 Å². The Bertz CT molecular complexity index is 807. The Morgan fingerprint density at radius 3 is 2.64 bits per heavy atom. The number of aryl methyl sites for hydroxylation is 1. The minimum absolute atomic E-state index is 0. The maximum absolute atomic E-state index is 12.1. The average Bonchev–Trinajstić information content (AvgIpc) is 3.31. The minimum atomic E-state index is -0.110. The zero-order valence-electron chi connectivity index (χ0n) is 16.1. The summed E-state index contributed by atoms with van der Waals surface area (Å²) in [6.45, 7) is 3.00. The molecule has 1 aliphatic heterocycles. The van der Waals surface area contributed by atoms with E-state index >= 15 is 0 Å². The summed E-state index contributed by atoms with van der Waals surface area (Å²) in [6, 6.07) is 6.85. The van der Waals surface area contributed by atoms with Gasteiger partial charge in [-0.25, -0.2) is 0 Å². The molecule has 1 aromatic carbocycles. The van der Waals surface area contributed by atoms with Crippen LogP contribution in [0, 0.1) is 0 Å². The summed E-state index contributed by atoms with van der Waals surface area (Å²) in [4.78, 5) is 18.7. The van der Waals surface area contributed by atoms with Crippen molar-refractivity contribution in [2.45, 2.75) is 12.3 Å². The molecule has 2 heterocycles. The Hall–Kier alpha value is -1.81. The molecule has 7 nitrogen and oxygen atoms in total. The second kappa shape index (κ2) is 10.7. The van der Waals surface area contributed by atoms with E-state index in [0.29, 0.717) is 29.6 Å². The highest BCUT2D eigenvalue weighted by Gasteiger charge is 2.26. The predicted molar refractivity (Wildman–Crippen MR) is 123 cm³/mol. The van der Waals surface area contributed by atoms with E-state index in [-0.39, 0.29) is 29.9 Å². The highest BCUT2D eigenvalue weighted by molar-refractivity contribution is 14.0. The second-order valence-electron chi connectivity index (χ2n) is 6.62. The molecule has 9 heteroatoms. The summed E-state index contributed by atoms with van der Waals surface area (Å²) in [5.41, 5.74) is 1.87. The number of hydrogen-bond donors (Lipinski definition) is 2. The Balaban J connectivity index is 0.00000280. The van der Waals surface area contributed by atoms with Crippen LogP contribution in [0.4, 0.5) is 0 Å². The van der Waals surface area contributed by atoms with E-state index < -0.39 is 0 Å². The Kier molecular flexibility index (Phi) is 8.56. The van der Waals surface area contributed by atoms with Crippen LogP contribution in [-0.2, 0) is 7.05 Å². The van der Waals surface area contributed by atoms with Crippen molar-refractivity contribution in [1.29, 1.82) is 0 Å². The fourth-order valence-corrected chi connectivity index (χ4v) is 3.39. The summed E-state index contributed by atoms with van der Waals surface area (Å²) < 4.78 is 1.84. The first-order valence-corrected chi connectivity index (χ1v) is 9.42. The molecule has 2 aromatic rings. The van der Waals surface area contributed by atoms with E-state index in [2.05, 4.69) is 31.8 Å². The van der Waals surface area contributed by atoms with Crippen LogP contribution < -0.4 is 10.6 Å². The molecule has 28 heavy (non-hydrogen) atoms. The fourth-order valence-electron chi connectivity index (χ4n) is 3.26. The number of hydrogen-bond acceptors (Lipinski definition) is 3. The van der Waals surface area contributed by atoms with Crippen LogP contribution >= 0.6 is 35.6 Å². The summed E-state index contributed by atoms with van der Waals surface area (Å²) in [6.07, 6.45) is 5.10. The molecule has 0 bridgehead atoms. The third-order valence-corrected chi connectivity index (χ3v) is 4.95. The Labute approximate surface area is 187 Å². The number of amides is 1. The van der Waals surface area contributed by atoms with Gasteiger partial charge in [-0.1, -0.05) is 11.6 Å². The van der Waals surface area contributed by atoms with Gasteiger partial charge in [0.05, 0.1) is 6.20 Å². The zero-order chi connectivity index (χ0) is 19.2. The van der Waals surface area contributed by atoms with E-state index in [0.717, 1.165) is 25.5 Å². The van der Waals surface area contributed by atoms with E-state index in [1.807, 2.05) is 17.9 Å². The molecule has 3 rings (SSSR count). The molecule has 1 fully saturated rings. The molecule has 1 aromatic heterocycles. The summed E-state index contributed by atoms with van der Waals surface area (Å²) >= 11 is 5.84. The molecule has 152 valence electrons. The van der Waals surface area contributed by atoms with Gasteiger partial charge < -0.3 is 15.5 Å². The van der Waals surface area contributed by atoms with Gasteiger partial charge in [0, 0.05) is 63.0 Å². The van der Waals surface area contributed by atoms with Crippen LogP contribution in [0.2, 0.25) is 5.02 Å². The highest BCUT2D eigenvalue weighted by Crippen LogP contribution is 2.26. The van der Waals surface area contributed by atoms with E-state index in [1.165, 1.54) is 5.56 Å². The number of aliphatic imine (C=N–C) groups is 1. The van der Waals surface area contributed by atoms with Crippen molar-refractivity contribution in [3.63, 3.8) is 0 Å². The molecule has 1 unspecified atom stereocenters. The van der Waals surface area contributed by atoms with Gasteiger partial charge in [-0.15, -0.1) is 24.0 Å². The number of halogens is 2. The molecule has 0 saturated carbocycles. The minimum Gasteiger partial charge on any atom is -0.354 e. The first kappa shape index (κ1) is 22.5. The number of aromatic nitrogens is 2. The number of rotatable bonds is 5. The van der Waals surface area contributed by atoms with Crippen molar-refractivity contribution in [3.05, 3.63) is 52.8 Å². The van der Waals surface area contributed by atoms with Gasteiger partial charge in [0.15, 0.2) is 5.96 Å². The number of guanidine groups is 1. The van der Waals surface area contributed by atoms with Gasteiger partial charge in [0.2, 0.25) is 0 Å². The lowest BCUT2D eigenvalue weighted by Gasteiger charge is -2.21. The van der Waals surface area contributed by atoms with Crippen LogP contribution in [0.3, 0.4) is 0 Å². The molecular formula is C19H26ClIN6O. The molecule has 2 N–H and O–H groups in total. The van der Waals surface area contributed by atoms with Crippen molar-refractivity contribution < 1.29 is 4.79 Å². The molecule has 1 aliphatic rings. The number of likely N-dealkylation sites (tertiary alicyclic amines) is 1. The van der Waals surface area contributed by atoms with Crippen LogP contribution in [0.1, 0.15) is 28.3 Å². The summed E-state index contributed by atoms with van der Waals surface area (Å²) in [7, 11) is 3.72. The lowest BCUT2D eigenvalue weighted by atomic mass is 10.0. The number of nitrogens with zero attached hydrogens (tertiary/aromatic N) is 4. The largest absolute Gasteiger partial charge is 0.354 e. The lowest BCUT2D eigenvalue weighted by molar-refractivity contribution is 0.0954. The van der Waals surface area contributed by atoms with Crippen molar-refractivity contribution in [2.24, 2.45) is 12.0 Å². The second-order valence-corrected chi connectivity index (χ2v) is 7.05. The number of carbonyl (C=O) groups is 1. The van der Waals surface area contributed by atoms with Gasteiger partial charge in [0.1, 0.15) is 0 Å². The van der Waals surface area contributed by atoms with E-state index in [9.17, 15) is 4.79 Å². The average molecular weight is 517 g/mol. The van der Waals surface area contributed by atoms with Crippen LogP contribution in [-0.4, -0.2) is 59.8 Å². The Morgan fingerprint density at radius 2 is 2.00 bits per heavy atom. The number of benzene rings is 1. The maximum atomic E-state index is 12.1. The van der Waals surface area contributed by atoms with Crippen molar-refractivity contribution >= 4 is 47.4 Å².